The molecule has 0 unspecified atom stereocenters. The number of fused-ring (bicyclic) bond motifs is 1. The van der Waals surface area contributed by atoms with Crippen molar-refractivity contribution in [2.75, 3.05) is 13.1 Å². The van der Waals surface area contributed by atoms with Crippen LogP contribution in [0.3, 0.4) is 0 Å². The first-order valence-corrected chi connectivity index (χ1v) is 10.8. The lowest BCUT2D eigenvalue weighted by Gasteiger charge is -2.30. The summed E-state index contributed by atoms with van der Waals surface area (Å²) < 4.78 is 5.92. The number of hydrogen-bond donors (Lipinski definition) is 2. The number of aryl methyl sites for hydroxylation is 1. The molecule has 1 aliphatic heterocycles. The molecule has 1 aromatic heterocycles. The average molecular weight is 385 g/mol. The average Bonchev–Trinajstić information content (AvgIpc) is 3.03. The van der Waals surface area contributed by atoms with E-state index in [0.717, 1.165) is 42.8 Å². The molecule has 28 heavy (non-hydrogen) atoms. The minimum atomic E-state index is -0.0673. The molecule has 1 saturated carbocycles. The molecule has 2 fully saturated rings. The van der Waals surface area contributed by atoms with Crippen LogP contribution in [0.2, 0.25) is 0 Å². The molecule has 2 aliphatic rings. The van der Waals surface area contributed by atoms with Crippen LogP contribution in [0, 0.1) is 12.8 Å². The summed E-state index contributed by atoms with van der Waals surface area (Å²) in [7, 11) is 0. The monoisotopic (exact) mass is 384 g/mol. The topological polar surface area (TPSA) is 65.7 Å². The van der Waals surface area contributed by atoms with E-state index in [0.29, 0.717) is 23.5 Å². The van der Waals surface area contributed by atoms with Gasteiger partial charge >= 0.3 is 0 Å². The number of furan rings is 1. The van der Waals surface area contributed by atoms with Crippen LogP contribution in [-0.4, -0.2) is 35.0 Å². The molecule has 5 nitrogen and oxygen atoms in total. The van der Waals surface area contributed by atoms with Gasteiger partial charge in [0.1, 0.15) is 17.1 Å². The van der Waals surface area contributed by atoms with Gasteiger partial charge in [0, 0.05) is 23.5 Å². The van der Waals surface area contributed by atoms with Gasteiger partial charge in [-0.1, -0.05) is 26.2 Å². The molecule has 1 amide bonds. The summed E-state index contributed by atoms with van der Waals surface area (Å²) in [5, 5.41) is 14.6. The van der Waals surface area contributed by atoms with E-state index in [1.807, 2.05) is 6.92 Å². The van der Waals surface area contributed by atoms with Crippen molar-refractivity contribution in [3.8, 4) is 5.75 Å². The Kier molecular flexibility index (Phi) is 5.63. The lowest BCUT2D eigenvalue weighted by atomic mass is 9.94. The predicted molar refractivity (Wildman–Crippen MR) is 111 cm³/mol. The van der Waals surface area contributed by atoms with Crippen LogP contribution < -0.4 is 5.32 Å². The van der Waals surface area contributed by atoms with Crippen LogP contribution >= 0.6 is 0 Å². The van der Waals surface area contributed by atoms with E-state index < -0.39 is 0 Å². The van der Waals surface area contributed by atoms with Gasteiger partial charge in [-0.15, -0.1) is 0 Å². The Morgan fingerprint density at radius 2 is 1.89 bits per heavy atom. The number of amides is 1. The molecule has 0 spiro atoms. The molecule has 0 bridgehead atoms. The number of carbonyl (C=O) groups excluding carboxylic acids is 1. The Labute approximate surface area is 167 Å². The zero-order chi connectivity index (χ0) is 19.7. The van der Waals surface area contributed by atoms with Crippen molar-refractivity contribution in [3.05, 3.63) is 29.0 Å². The molecule has 1 aromatic carbocycles. The van der Waals surface area contributed by atoms with E-state index in [1.54, 1.807) is 12.1 Å². The molecular formula is C23H32N2O3. The maximum Gasteiger partial charge on any atom is 0.255 e. The van der Waals surface area contributed by atoms with Gasteiger partial charge in [-0.25, -0.2) is 0 Å². The van der Waals surface area contributed by atoms with Crippen LogP contribution in [0.1, 0.15) is 73.6 Å². The van der Waals surface area contributed by atoms with Gasteiger partial charge in [0.05, 0.1) is 5.56 Å². The third kappa shape index (κ3) is 3.90. The van der Waals surface area contributed by atoms with Gasteiger partial charge in [-0.3, -0.25) is 9.69 Å². The normalized spacial score (nSPS) is 19.9. The number of benzene rings is 1. The van der Waals surface area contributed by atoms with Gasteiger partial charge in [0.15, 0.2) is 0 Å². The maximum atomic E-state index is 13.1. The summed E-state index contributed by atoms with van der Waals surface area (Å²) in [5.41, 5.74) is 2.10. The fourth-order valence-electron chi connectivity index (χ4n) is 4.75. The Morgan fingerprint density at radius 1 is 1.18 bits per heavy atom. The molecule has 2 aromatic rings. The second-order valence-electron chi connectivity index (χ2n) is 8.74. The number of rotatable bonds is 4. The van der Waals surface area contributed by atoms with E-state index in [-0.39, 0.29) is 17.7 Å². The van der Waals surface area contributed by atoms with Gasteiger partial charge in [0.2, 0.25) is 0 Å². The van der Waals surface area contributed by atoms with Crippen molar-refractivity contribution < 1.29 is 14.3 Å². The highest BCUT2D eigenvalue weighted by atomic mass is 16.3. The summed E-state index contributed by atoms with van der Waals surface area (Å²) in [6, 6.07) is 3.71. The molecule has 0 atom stereocenters. The Bertz CT molecular complexity index is 843. The number of likely N-dealkylation sites (tertiary alicyclic amines) is 1. The fourth-order valence-corrected chi connectivity index (χ4v) is 4.75. The van der Waals surface area contributed by atoms with Crippen molar-refractivity contribution in [2.45, 2.75) is 71.4 Å². The number of nitrogens with zero attached hydrogens (tertiary/aromatic N) is 1. The molecule has 152 valence electrons. The maximum absolute atomic E-state index is 13.1. The van der Waals surface area contributed by atoms with E-state index in [1.165, 1.54) is 32.1 Å². The molecule has 2 heterocycles. The minimum absolute atomic E-state index is 0.0673. The summed E-state index contributed by atoms with van der Waals surface area (Å²) in [5.74, 6) is 1.57. The second kappa shape index (κ2) is 8.16. The van der Waals surface area contributed by atoms with Crippen molar-refractivity contribution in [3.63, 3.8) is 0 Å². The van der Waals surface area contributed by atoms with Gasteiger partial charge in [-0.2, -0.15) is 0 Å². The Balaban J connectivity index is 1.65. The zero-order valence-corrected chi connectivity index (χ0v) is 17.1. The molecule has 2 N–H and O–H groups in total. The minimum Gasteiger partial charge on any atom is -0.508 e. The second-order valence-corrected chi connectivity index (χ2v) is 8.74. The standard InChI is InChI=1S/C23H32N2O3/c1-15-10-12-25(13-11-15)14-18-19(26)8-9-20-22(18)21(16(2)28-20)23(27)24-17-6-4-3-5-7-17/h8-9,15,17,26H,3-7,10-14H2,1-2H3,(H,24,27). The lowest BCUT2D eigenvalue weighted by Crippen LogP contribution is -2.36. The highest BCUT2D eigenvalue weighted by Crippen LogP contribution is 2.35. The van der Waals surface area contributed by atoms with Crippen molar-refractivity contribution in [1.29, 1.82) is 0 Å². The van der Waals surface area contributed by atoms with Crippen molar-refractivity contribution >= 4 is 16.9 Å². The van der Waals surface area contributed by atoms with E-state index in [4.69, 9.17) is 4.42 Å². The van der Waals surface area contributed by atoms with E-state index in [9.17, 15) is 9.90 Å². The number of phenols is 1. The largest absolute Gasteiger partial charge is 0.508 e. The highest BCUT2D eigenvalue weighted by Gasteiger charge is 2.26. The summed E-state index contributed by atoms with van der Waals surface area (Å²) in [6.07, 6.45) is 8.05. The molecule has 5 heteroatoms. The first-order chi connectivity index (χ1) is 13.5. The molecule has 4 rings (SSSR count). The van der Waals surface area contributed by atoms with E-state index in [2.05, 4.69) is 17.1 Å². The number of phenolic OH excluding ortho intramolecular Hbond substituents is 1. The molecular weight excluding hydrogens is 352 g/mol. The SMILES string of the molecule is Cc1oc2ccc(O)c(CN3CCC(C)CC3)c2c1C(=O)NC1CCCCC1. The zero-order valence-electron chi connectivity index (χ0n) is 17.1. The highest BCUT2D eigenvalue weighted by molar-refractivity contribution is 6.09. The van der Waals surface area contributed by atoms with Gasteiger partial charge < -0.3 is 14.8 Å². The molecule has 1 aliphatic carbocycles. The van der Waals surface area contributed by atoms with Gasteiger partial charge in [-0.05, 0) is 63.7 Å². The number of piperidine rings is 1. The third-order valence-corrected chi connectivity index (χ3v) is 6.54. The molecule has 0 radical (unpaired) electrons. The number of carbonyl (C=O) groups is 1. The summed E-state index contributed by atoms with van der Waals surface area (Å²) in [6.45, 7) is 6.84. The van der Waals surface area contributed by atoms with Crippen LogP contribution in [0.4, 0.5) is 0 Å². The summed E-state index contributed by atoms with van der Waals surface area (Å²) in [4.78, 5) is 15.5. The molecule has 1 saturated heterocycles. The Morgan fingerprint density at radius 3 is 2.61 bits per heavy atom. The van der Waals surface area contributed by atoms with Crippen molar-refractivity contribution in [2.24, 2.45) is 5.92 Å². The van der Waals surface area contributed by atoms with Crippen LogP contribution in [0.5, 0.6) is 5.75 Å². The third-order valence-electron chi connectivity index (χ3n) is 6.54. The quantitative estimate of drug-likeness (QED) is 0.799. The van der Waals surface area contributed by atoms with Crippen molar-refractivity contribution in [1.82, 2.24) is 10.2 Å². The van der Waals surface area contributed by atoms with Gasteiger partial charge in [0.25, 0.3) is 5.91 Å². The summed E-state index contributed by atoms with van der Waals surface area (Å²) >= 11 is 0. The first kappa shape index (κ1) is 19.3. The fraction of sp³-hybridized carbons (Fsp3) is 0.609. The van der Waals surface area contributed by atoms with Crippen LogP contribution in [0.25, 0.3) is 11.0 Å². The first-order valence-electron chi connectivity index (χ1n) is 10.8. The van der Waals surface area contributed by atoms with Crippen LogP contribution in [0.15, 0.2) is 16.5 Å². The van der Waals surface area contributed by atoms with Crippen LogP contribution in [-0.2, 0) is 6.54 Å². The number of aromatic hydroxyl groups is 1. The lowest BCUT2D eigenvalue weighted by molar-refractivity contribution is 0.0927. The number of hydrogen-bond acceptors (Lipinski definition) is 4. The number of nitrogens with one attached hydrogen (secondary N) is 1. The smallest absolute Gasteiger partial charge is 0.255 e. The van der Waals surface area contributed by atoms with E-state index >= 15 is 0 Å². The predicted octanol–water partition coefficient (Wildman–Crippen LogP) is 4.74. The Hall–Kier alpha value is -2.01.